The Labute approximate surface area is 169 Å². The third-order valence-electron chi connectivity index (χ3n) is 5.17. The molecule has 7 heteroatoms. The van der Waals surface area contributed by atoms with E-state index in [1.165, 1.54) is 35.3 Å². The molecule has 0 N–H and O–H groups in total. The third kappa shape index (κ3) is 4.13. The molecule has 0 aromatic heterocycles. The van der Waals surface area contributed by atoms with Gasteiger partial charge in [-0.3, -0.25) is 19.3 Å². The average Bonchev–Trinajstić information content (AvgIpc) is 3.00. The Balaban J connectivity index is 1.77. The summed E-state index contributed by atoms with van der Waals surface area (Å²) in [6.07, 6.45) is 5.32. The van der Waals surface area contributed by atoms with Gasteiger partial charge in [0, 0.05) is 6.04 Å². The SMILES string of the molecule is C=CCOC(=O)c1ccc2c(c1)C(=O)N(C1CCCC(C(=O)OCC=C)C1)C2=O. The average molecular weight is 397 g/mol. The first-order valence-corrected chi connectivity index (χ1v) is 9.55. The van der Waals surface area contributed by atoms with Gasteiger partial charge in [-0.05, 0) is 37.5 Å². The lowest BCUT2D eigenvalue weighted by molar-refractivity contribution is -0.149. The zero-order valence-electron chi connectivity index (χ0n) is 16.1. The molecule has 152 valence electrons. The lowest BCUT2D eigenvalue weighted by Crippen LogP contribution is -2.43. The molecule has 2 unspecified atom stereocenters. The fourth-order valence-electron chi connectivity index (χ4n) is 3.81. The predicted molar refractivity (Wildman–Crippen MR) is 104 cm³/mol. The van der Waals surface area contributed by atoms with Gasteiger partial charge in [-0.15, -0.1) is 0 Å². The monoisotopic (exact) mass is 397 g/mol. The van der Waals surface area contributed by atoms with Crippen molar-refractivity contribution >= 4 is 23.8 Å². The Morgan fingerprint density at radius 1 is 1.03 bits per heavy atom. The number of hydrogen-bond acceptors (Lipinski definition) is 6. The van der Waals surface area contributed by atoms with E-state index in [-0.39, 0.29) is 47.8 Å². The van der Waals surface area contributed by atoms with E-state index in [1.54, 1.807) is 0 Å². The van der Waals surface area contributed by atoms with Gasteiger partial charge in [-0.1, -0.05) is 31.7 Å². The van der Waals surface area contributed by atoms with Crippen LogP contribution in [0.3, 0.4) is 0 Å². The fraction of sp³-hybridized carbons (Fsp3) is 0.364. The van der Waals surface area contributed by atoms with Crippen molar-refractivity contribution in [2.24, 2.45) is 5.92 Å². The van der Waals surface area contributed by atoms with Gasteiger partial charge in [0.05, 0.1) is 22.6 Å². The summed E-state index contributed by atoms with van der Waals surface area (Å²) in [4.78, 5) is 51.3. The molecular formula is C22H23NO6. The molecule has 0 saturated heterocycles. The van der Waals surface area contributed by atoms with Crippen molar-refractivity contribution in [3.05, 3.63) is 60.2 Å². The summed E-state index contributed by atoms with van der Waals surface area (Å²) >= 11 is 0. The molecule has 1 fully saturated rings. The van der Waals surface area contributed by atoms with Gasteiger partial charge in [0.25, 0.3) is 11.8 Å². The van der Waals surface area contributed by atoms with Crippen LogP contribution in [-0.4, -0.2) is 47.9 Å². The summed E-state index contributed by atoms with van der Waals surface area (Å²) in [5.74, 6) is -2.13. The van der Waals surface area contributed by atoms with E-state index in [0.29, 0.717) is 25.7 Å². The minimum Gasteiger partial charge on any atom is -0.461 e. The van der Waals surface area contributed by atoms with Crippen molar-refractivity contribution in [3.8, 4) is 0 Å². The van der Waals surface area contributed by atoms with Crippen LogP contribution in [0.25, 0.3) is 0 Å². The van der Waals surface area contributed by atoms with Crippen LogP contribution in [0.5, 0.6) is 0 Å². The van der Waals surface area contributed by atoms with E-state index in [4.69, 9.17) is 9.47 Å². The molecular weight excluding hydrogens is 374 g/mol. The van der Waals surface area contributed by atoms with Crippen LogP contribution >= 0.6 is 0 Å². The third-order valence-corrected chi connectivity index (χ3v) is 5.17. The van der Waals surface area contributed by atoms with Crippen molar-refractivity contribution < 1.29 is 28.7 Å². The topological polar surface area (TPSA) is 90.0 Å². The number of carbonyl (C=O) groups is 4. The maximum absolute atomic E-state index is 13.0. The number of hydrogen-bond donors (Lipinski definition) is 0. The summed E-state index contributed by atoms with van der Waals surface area (Å²) in [5.41, 5.74) is 0.633. The van der Waals surface area contributed by atoms with Crippen LogP contribution in [0.4, 0.5) is 0 Å². The van der Waals surface area contributed by atoms with Gasteiger partial charge in [0.1, 0.15) is 13.2 Å². The van der Waals surface area contributed by atoms with Gasteiger partial charge in [0.15, 0.2) is 0 Å². The lowest BCUT2D eigenvalue weighted by atomic mass is 9.85. The molecule has 0 radical (unpaired) electrons. The molecule has 2 amide bonds. The Morgan fingerprint density at radius 3 is 2.45 bits per heavy atom. The minimum atomic E-state index is -0.589. The molecule has 1 saturated carbocycles. The zero-order valence-corrected chi connectivity index (χ0v) is 16.1. The number of nitrogens with zero attached hydrogens (tertiary/aromatic N) is 1. The summed E-state index contributed by atoms with van der Waals surface area (Å²) in [6.45, 7) is 7.20. The van der Waals surface area contributed by atoms with Crippen LogP contribution in [0, 0.1) is 5.92 Å². The van der Waals surface area contributed by atoms with E-state index in [0.717, 1.165) is 0 Å². The van der Waals surface area contributed by atoms with E-state index >= 15 is 0 Å². The van der Waals surface area contributed by atoms with Gasteiger partial charge in [-0.25, -0.2) is 4.79 Å². The smallest absolute Gasteiger partial charge is 0.338 e. The highest BCUT2D eigenvalue weighted by Gasteiger charge is 2.43. The van der Waals surface area contributed by atoms with E-state index in [2.05, 4.69) is 13.2 Å². The van der Waals surface area contributed by atoms with Crippen molar-refractivity contribution in [2.75, 3.05) is 13.2 Å². The first-order valence-electron chi connectivity index (χ1n) is 9.55. The summed E-state index contributed by atoms with van der Waals surface area (Å²) < 4.78 is 10.1. The first-order chi connectivity index (χ1) is 14.0. The number of imide groups is 1. The number of amides is 2. The standard InChI is InChI=1S/C22H23NO6/c1-3-10-28-21(26)14-6-5-7-16(12-14)23-19(24)17-9-8-15(13-18(17)20(23)25)22(27)29-11-4-2/h3-4,8-9,13-14,16H,1-2,5-7,10-12H2. The molecule has 29 heavy (non-hydrogen) atoms. The molecule has 3 rings (SSSR count). The summed E-state index contributed by atoms with van der Waals surface area (Å²) in [7, 11) is 0. The number of fused-ring (bicyclic) bond motifs is 1. The highest BCUT2D eigenvalue weighted by atomic mass is 16.5. The highest BCUT2D eigenvalue weighted by Crippen LogP contribution is 2.34. The Hall–Kier alpha value is -3.22. The van der Waals surface area contributed by atoms with Crippen LogP contribution in [0.15, 0.2) is 43.5 Å². The van der Waals surface area contributed by atoms with E-state index in [1.807, 2.05) is 0 Å². The van der Waals surface area contributed by atoms with Crippen LogP contribution in [0.2, 0.25) is 0 Å². The van der Waals surface area contributed by atoms with Gasteiger partial charge in [0.2, 0.25) is 0 Å². The molecule has 2 aliphatic rings. The predicted octanol–water partition coefficient (Wildman–Crippen LogP) is 2.91. The Bertz CT molecular complexity index is 874. The second-order valence-electron chi connectivity index (χ2n) is 7.06. The Morgan fingerprint density at radius 2 is 1.72 bits per heavy atom. The largest absolute Gasteiger partial charge is 0.461 e. The van der Waals surface area contributed by atoms with E-state index in [9.17, 15) is 19.2 Å². The number of esters is 2. The van der Waals surface area contributed by atoms with Crippen LogP contribution < -0.4 is 0 Å². The van der Waals surface area contributed by atoms with E-state index < -0.39 is 17.8 Å². The number of carbonyl (C=O) groups excluding carboxylic acids is 4. The van der Waals surface area contributed by atoms with Gasteiger partial charge in [-0.2, -0.15) is 0 Å². The second-order valence-corrected chi connectivity index (χ2v) is 7.06. The second kappa shape index (κ2) is 8.86. The molecule has 0 bridgehead atoms. The molecule has 1 aromatic rings. The van der Waals surface area contributed by atoms with Crippen molar-refractivity contribution in [1.82, 2.24) is 4.90 Å². The zero-order chi connectivity index (χ0) is 21.0. The molecule has 7 nitrogen and oxygen atoms in total. The quantitative estimate of drug-likeness (QED) is 0.399. The van der Waals surface area contributed by atoms with Crippen LogP contribution in [0.1, 0.15) is 56.8 Å². The highest BCUT2D eigenvalue weighted by molar-refractivity contribution is 6.22. The number of benzene rings is 1. The molecule has 1 aromatic carbocycles. The minimum absolute atomic E-state index is 0.0559. The lowest BCUT2D eigenvalue weighted by Gasteiger charge is -2.33. The normalized spacial score (nSPS) is 20.8. The summed E-state index contributed by atoms with van der Waals surface area (Å²) in [6, 6.07) is 3.95. The van der Waals surface area contributed by atoms with Crippen molar-refractivity contribution in [2.45, 2.75) is 31.7 Å². The van der Waals surface area contributed by atoms with Gasteiger partial charge >= 0.3 is 11.9 Å². The van der Waals surface area contributed by atoms with Gasteiger partial charge < -0.3 is 9.47 Å². The Kier molecular flexibility index (Phi) is 6.26. The fourth-order valence-corrected chi connectivity index (χ4v) is 3.81. The van der Waals surface area contributed by atoms with Crippen molar-refractivity contribution in [3.63, 3.8) is 0 Å². The molecule has 0 spiro atoms. The van der Waals surface area contributed by atoms with Crippen molar-refractivity contribution in [1.29, 1.82) is 0 Å². The maximum atomic E-state index is 13.0. The molecule has 2 atom stereocenters. The number of ether oxygens (including phenoxy) is 2. The first kappa shape index (κ1) is 20.5. The summed E-state index contributed by atoms with van der Waals surface area (Å²) in [5, 5.41) is 0. The van der Waals surface area contributed by atoms with Crippen LogP contribution in [-0.2, 0) is 14.3 Å². The molecule has 1 aliphatic heterocycles. The number of rotatable bonds is 7. The molecule has 1 heterocycles. The maximum Gasteiger partial charge on any atom is 0.338 e. The molecule has 1 aliphatic carbocycles.